The van der Waals surface area contributed by atoms with E-state index in [9.17, 15) is 14.4 Å². The van der Waals surface area contributed by atoms with Crippen LogP contribution in [0.1, 0.15) is 36.8 Å². The van der Waals surface area contributed by atoms with E-state index in [4.69, 9.17) is 10.8 Å². The molecule has 1 aromatic rings. The summed E-state index contributed by atoms with van der Waals surface area (Å²) < 4.78 is 2.40. The molecule has 0 aliphatic heterocycles. The van der Waals surface area contributed by atoms with Crippen molar-refractivity contribution >= 4 is 33.7 Å². The Morgan fingerprint density at radius 1 is 1.45 bits per heavy atom. The van der Waals surface area contributed by atoms with Gasteiger partial charge < -0.3 is 20.7 Å². The van der Waals surface area contributed by atoms with Crippen molar-refractivity contribution in [3.63, 3.8) is 0 Å². The molecule has 1 heterocycles. The fourth-order valence-electron chi connectivity index (χ4n) is 1.69. The van der Waals surface area contributed by atoms with Gasteiger partial charge in [0, 0.05) is 16.7 Å². The topological polar surface area (TPSA) is 114 Å². The number of primary amides is 1. The molecule has 110 valence electrons. The standard InChI is InChI=1S/C12H16BrN3O4/c1-6(2)16-5-7(13)3-9(16)11(18)15-8(12(19)20)4-10(14)17/h3,5-6,8H,4H2,1-2H3,(H2,14,17)(H,15,18)(H,19,20)/t8-/m1/s1. The van der Waals surface area contributed by atoms with Crippen LogP contribution in [0.2, 0.25) is 0 Å². The molecule has 0 saturated carbocycles. The number of aliphatic carboxylic acids is 1. The molecule has 0 unspecified atom stereocenters. The van der Waals surface area contributed by atoms with Crippen molar-refractivity contribution < 1.29 is 19.5 Å². The van der Waals surface area contributed by atoms with Gasteiger partial charge in [-0.3, -0.25) is 9.59 Å². The van der Waals surface area contributed by atoms with Crippen LogP contribution in [0.3, 0.4) is 0 Å². The number of hydrogen-bond donors (Lipinski definition) is 3. The lowest BCUT2D eigenvalue weighted by Crippen LogP contribution is -2.43. The average Bonchev–Trinajstić information content (AvgIpc) is 2.69. The molecule has 4 N–H and O–H groups in total. The highest BCUT2D eigenvalue weighted by Gasteiger charge is 2.24. The quantitative estimate of drug-likeness (QED) is 0.710. The zero-order chi connectivity index (χ0) is 15.4. The highest BCUT2D eigenvalue weighted by atomic mass is 79.9. The first kappa shape index (κ1) is 16.2. The van der Waals surface area contributed by atoms with Gasteiger partial charge in [0.2, 0.25) is 5.91 Å². The molecule has 20 heavy (non-hydrogen) atoms. The molecule has 0 fully saturated rings. The van der Waals surface area contributed by atoms with Crippen LogP contribution < -0.4 is 11.1 Å². The van der Waals surface area contributed by atoms with Gasteiger partial charge in [-0.2, -0.15) is 0 Å². The highest BCUT2D eigenvalue weighted by Crippen LogP contribution is 2.19. The van der Waals surface area contributed by atoms with Crippen molar-refractivity contribution in [2.24, 2.45) is 5.73 Å². The van der Waals surface area contributed by atoms with Gasteiger partial charge in [-0.15, -0.1) is 0 Å². The summed E-state index contributed by atoms with van der Waals surface area (Å²) in [4.78, 5) is 33.9. The molecule has 0 spiro atoms. The van der Waals surface area contributed by atoms with Crippen LogP contribution in [0.25, 0.3) is 0 Å². The van der Waals surface area contributed by atoms with E-state index >= 15 is 0 Å². The lowest BCUT2D eigenvalue weighted by atomic mass is 10.2. The van der Waals surface area contributed by atoms with Crippen LogP contribution in [-0.4, -0.2) is 33.5 Å². The molecule has 7 nitrogen and oxygen atoms in total. The summed E-state index contributed by atoms with van der Waals surface area (Å²) in [7, 11) is 0. The van der Waals surface area contributed by atoms with E-state index in [0.717, 1.165) is 0 Å². The number of aromatic nitrogens is 1. The summed E-state index contributed by atoms with van der Waals surface area (Å²) in [5.74, 6) is -2.67. The number of halogens is 1. The smallest absolute Gasteiger partial charge is 0.326 e. The van der Waals surface area contributed by atoms with E-state index in [-0.39, 0.29) is 6.04 Å². The van der Waals surface area contributed by atoms with Gasteiger partial charge in [0.05, 0.1) is 6.42 Å². The Morgan fingerprint density at radius 3 is 2.50 bits per heavy atom. The first-order valence-corrected chi connectivity index (χ1v) is 6.71. The number of nitrogens with zero attached hydrogens (tertiary/aromatic N) is 1. The van der Waals surface area contributed by atoms with Crippen molar-refractivity contribution in [3.8, 4) is 0 Å². The number of carbonyl (C=O) groups excluding carboxylic acids is 2. The molecule has 1 rings (SSSR count). The minimum absolute atomic E-state index is 0.0291. The Bertz CT molecular complexity index is 539. The van der Waals surface area contributed by atoms with E-state index < -0.39 is 30.2 Å². The van der Waals surface area contributed by atoms with Gasteiger partial charge in [0.15, 0.2) is 0 Å². The maximum absolute atomic E-state index is 12.1. The number of carboxylic acids is 1. The maximum atomic E-state index is 12.1. The number of hydrogen-bond acceptors (Lipinski definition) is 3. The van der Waals surface area contributed by atoms with E-state index in [1.54, 1.807) is 16.8 Å². The number of carboxylic acid groups (broad SMARTS) is 1. The third kappa shape index (κ3) is 4.09. The molecule has 8 heteroatoms. The number of nitrogens with two attached hydrogens (primary N) is 1. The Kier molecular flexibility index (Phi) is 5.32. The maximum Gasteiger partial charge on any atom is 0.326 e. The largest absolute Gasteiger partial charge is 0.480 e. The lowest BCUT2D eigenvalue weighted by molar-refractivity contribution is -0.140. The van der Waals surface area contributed by atoms with Crippen molar-refractivity contribution in [3.05, 3.63) is 22.4 Å². The third-order valence-corrected chi connectivity index (χ3v) is 3.05. The van der Waals surface area contributed by atoms with Gasteiger partial charge in [0.25, 0.3) is 5.91 Å². The second kappa shape index (κ2) is 6.56. The molecule has 1 aromatic heterocycles. The third-order valence-electron chi connectivity index (χ3n) is 2.61. The van der Waals surface area contributed by atoms with E-state index in [2.05, 4.69) is 21.2 Å². The number of carbonyl (C=O) groups is 3. The summed E-state index contributed by atoms with van der Waals surface area (Å²) in [5, 5.41) is 11.3. The fourth-order valence-corrected chi connectivity index (χ4v) is 2.13. The SMILES string of the molecule is CC(C)n1cc(Br)cc1C(=O)N[C@H](CC(N)=O)C(=O)O. The Labute approximate surface area is 124 Å². The molecular formula is C12H16BrN3O4. The first-order valence-electron chi connectivity index (χ1n) is 5.91. The fraction of sp³-hybridized carbons (Fsp3) is 0.417. The van der Waals surface area contributed by atoms with Crippen LogP contribution in [0.4, 0.5) is 0 Å². The number of amides is 2. The minimum atomic E-state index is -1.34. The van der Waals surface area contributed by atoms with Crippen molar-refractivity contribution in [1.82, 2.24) is 9.88 Å². The zero-order valence-corrected chi connectivity index (χ0v) is 12.7. The monoisotopic (exact) mass is 345 g/mol. The Morgan fingerprint density at radius 2 is 2.05 bits per heavy atom. The summed E-state index contributed by atoms with van der Waals surface area (Å²) in [6, 6.07) is 0.272. The molecule has 0 radical (unpaired) electrons. The molecule has 0 saturated heterocycles. The van der Waals surface area contributed by atoms with Crippen molar-refractivity contribution in [2.45, 2.75) is 32.4 Å². The Hall–Kier alpha value is -1.83. The molecule has 1 atom stereocenters. The van der Waals surface area contributed by atoms with Crippen LogP contribution in [0, 0.1) is 0 Å². The average molecular weight is 346 g/mol. The normalized spacial score (nSPS) is 12.2. The van der Waals surface area contributed by atoms with E-state index in [1.807, 2.05) is 13.8 Å². The minimum Gasteiger partial charge on any atom is -0.480 e. The second-order valence-corrected chi connectivity index (χ2v) is 5.49. The van der Waals surface area contributed by atoms with Gasteiger partial charge >= 0.3 is 5.97 Å². The predicted molar refractivity (Wildman–Crippen MR) is 75.2 cm³/mol. The number of rotatable bonds is 6. The van der Waals surface area contributed by atoms with Crippen LogP contribution in [0.5, 0.6) is 0 Å². The van der Waals surface area contributed by atoms with E-state index in [0.29, 0.717) is 10.2 Å². The lowest BCUT2D eigenvalue weighted by Gasteiger charge is -2.16. The van der Waals surface area contributed by atoms with Crippen molar-refractivity contribution in [2.75, 3.05) is 0 Å². The molecule has 2 amide bonds. The second-order valence-electron chi connectivity index (χ2n) is 4.58. The summed E-state index contributed by atoms with van der Waals surface area (Å²) >= 11 is 3.26. The zero-order valence-electron chi connectivity index (χ0n) is 11.1. The first-order chi connectivity index (χ1) is 9.22. The molecule has 0 bridgehead atoms. The molecule has 0 aliphatic rings. The van der Waals surface area contributed by atoms with Gasteiger partial charge in [-0.1, -0.05) is 0 Å². The highest BCUT2D eigenvalue weighted by molar-refractivity contribution is 9.10. The molecule has 0 aliphatic carbocycles. The summed E-state index contributed by atoms with van der Waals surface area (Å²) in [6.07, 6.45) is 1.27. The van der Waals surface area contributed by atoms with Gasteiger partial charge in [-0.05, 0) is 35.8 Å². The van der Waals surface area contributed by atoms with E-state index in [1.165, 1.54) is 0 Å². The Balaban J connectivity index is 2.94. The number of nitrogens with one attached hydrogen (secondary N) is 1. The predicted octanol–water partition coefficient (Wildman–Crippen LogP) is 0.890. The van der Waals surface area contributed by atoms with Crippen LogP contribution in [0.15, 0.2) is 16.7 Å². The van der Waals surface area contributed by atoms with Crippen molar-refractivity contribution in [1.29, 1.82) is 0 Å². The van der Waals surface area contributed by atoms with Gasteiger partial charge in [-0.25, -0.2) is 4.79 Å². The van der Waals surface area contributed by atoms with Gasteiger partial charge in [0.1, 0.15) is 11.7 Å². The summed E-state index contributed by atoms with van der Waals surface area (Å²) in [5.41, 5.74) is 5.27. The molecular weight excluding hydrogens is 330 g/mol. The molecule has 0 aromatic carbocycles. The van der Waals surface area contributed by atoms with Crippen LogP contribution in [-0.2, 0) is 9.59 Å². The summed E-state index contributed by atoms with van der Waals surface area (Å²) in [6.45, 7) is 3.78. The van der Waals surface area contributed by atoms with Crippen LogP contribution >= 0.6 is 15.9 Å².